The number of aromatic amines is 1. The zero-order valence-electron chi connectivity index (χ0n) is 26.9. The summed E-state index contributed by atoms with van der Waals surface area (Å²) < 4.78 is 77.1. The summed E-state index contributed by atoms with van der Waals surface area (Å²) in [4.78, 5) is 28.3. The van der Waals surface area contributed by atoms with Crippen molar-refractivity contribution in [1.29, 1.82) is 0 Å². The normalized spacial score (nSPS) is 19.2. The summed E-state index contributed by atoms with van der Waals surface area (Å²) in [6.07, 6.45) is -1.18. The number of sulfonamides is 1. The van der Waals surface area contributed by atoms with Gasteiger partial charge in [0.25, 0.3) is 0 Å². The summed E-state index contributed by atoms with van der Waals surface area (Å²) in [7, 11) is -3.58. The fraction of sp³-hybridized carbons (Fsp3) is 0.600. The standard InChI is InChI=1S/C30H39F3N8O6S2/c1-49(45,46)39-9-6-25-23(17-39)28(36-41(25)16-22(42)15-37-7-4-21(5-8-37)40-19-34-35-29(40)44)20-2-3-24(30(31,32)33)26(14-20)48-18-27(43)38-10-12-47-13-11-38/h2-3,14,19,21-22,42H,4-13,15-18H2,1H3,(H,35,44). The number of ether oxygens (including phenoxy) is 1. The number of carbonyl (C=O) groups is 1. The Morgan fingerprint density at radius 1 is 1.14 bits per heavy atom. The van der Waals surface area contributed by atoms with Gasteiger partial charge in [-0.2, -0.15) is 27.7 Å². The highest BCUT2D eigenvalue weighted by molar-refractivity contribution is 8.00. The molecule has 0 bridgehead atoms. The van der Waals surface area contributed by atoms with Gasteiger partial charge in [-0.3, -0.25) is 14.0 Å². The minimum absolute atomic E-state index is 0.0144. The number of aliphatic hydroxyl groups is 1. The first kappa shape index (κ1) is 35.6. The zero-order chi connectivity index (χ0) is 34.9. The molecule has 14 nitrogen and oxygen atoms in total. The maximum atomic E-state index is 14.1. The molecule has 1 unspecified atom stereocenters. The number of amides is 1. The van der Waals surface area contributed by atoms with Crippen molar-refractivity contribution in [1.82, 2.24) is 38.6 Å². The molecule has 0 aliphatic carbocycles. The first-order chi connectivity index (χ1) is 23.3. The second-order valence-corrected chi connectivity index (χ2v) is 15.5. The third-order valence-electron chi connectivity index (χ3n) is 9.22. The van der Waals surface area contributed by atoms with E-state index in [-0.39, 0.29) is 47.9 Å². The number of piperidine rings is 1. The van der Waals surface area contributed by atoms with E-state index in [0.717, 1.165) is 24.1 Å². The molecule has 2 N–H and O–H groups in total. The average Bonchev–Trinajstić information content (AvgIpc) is 3.66. The van der Waals surface area contributed by atoms with E-state index in [9.17, 15) is 36.3 Å². The van der Waals surface area contributed by atoms with E-state index in [1.165, 1.54) is 22.8 Å². The number of nitrogens with one attached hydrogen (secondary N) is 1. The van der Waals surface area contributed by atoms with Crippen LogP contribution in [0.3, 0.4) is 0 Å². The number of β-amino-alcohol motifs (C(OH)–C–C–N with tert-alkyl or cyclic N) is 1. The van der Waals surface area contributed by atoms with Crippen molar-refractivity contribution in [3.05, 3.63) is 51.8 Å². The Morgan fingerprint density at radius 2 is 1.88 bits per heavy atom. The Kier molecular flexibility index (Phi) is 10.6. The maximum absolute atomic E-state index is 14.1. The third kappa shape index (κ3) is 8.23. The topological polar surface area (TPSA) is 159 Å². The Hall–Kier alpha value is -3.23. The summed E-state index contributed by atoms with van der Waals surface area (Å²) >= 11 is 0.801. The Morgan fingerprint density at radius 3 is 2.53 bits per heavy atom. The number of benzene rings is 1. The van der Waals surface area contributed by atoms with Crippen LogP contribution >= 0.6 is 11.8 Å². The molecule has 2 saturated heterocycles. The number of aliphatic hydroxyl groups excluding tert-OH is 1. The number of likely N-dealkylation sites (tertiary alicyclic amines) is 1. The van der Waals surface area contributed by atoms with Crippen LogP contribution in [0.1, 0.15) is 35.7 Å². The van der Waals surface area contributed by atoms with E-state index < -0.39 is 27.9 Å². The molecule has 19 heteroatoms. The van der Waals surface area contributed by atoms with Gasteiger partial charge in [-0.15, -0.1) is 11.8 Å². The molecule has 1 amide bonds. The van der Waals surface area contributed by atoms with Crippen LogP contribution in [-0.2, 0) is 45.2 Å². The highest BCUT2D eigenvalue weighted by atomic mass is 32.2. The number of nitrogens with zero attached hydrogens (tertiary/aromatic N) is 7. The summed E-state index contributed by atoms with van der Waals surface area (Å²) in [6.45, 7) is 3.44. The van der Waals surface area contributed by atoms with Crippen LogP contribution in [0.4, 0.5) is 13.2 Å². The number of halogens is 3. The van der Waals surface area contributed by atoms with E-state index in [0.29, 0.717) is 87.7 Å². The molecular weight excluding hydrogens is 690 g/mol. The average molecular weight is 729 g/mol. The van der Waals surface area contributed by atoms with Crippen molar-refractivity contribution in [2.24, 2.45) is 0 Å². The minimum Gasteiger partial charge on any atom is -0.390 e. The number of H-pyrrole nitrogens is 1. The van der Waals surface area contributed by atoms with Gasteiger partial charge < -0.3 is 19.6 Å². The van der Waals surface area contributed by atoms with Crippen LogP contribution in [-0.4, -0.2) is 129 Å². The fourth-order valence-electron chi connectivity index (χ4n) is 6.65. The predicted octanol–water partition coefficient (Wildman–Crippen LogP) is 1.42. The molecular formula is C30H39F3N8O6S2. The van der Waals surface area contributed by atoms with Crippen LogP contribution in [0.25, 0.3) is 11.3 Å². The number of aromatic nitrogens is 5. The van der Waals surface area contributed by atoms with Crippen LogP contribution in [0.5, 0.6) is 0 Å². The lowest BCUT2D eigenvalue weighted by molar-refractivity contribution is -0.139. The minimum atomic E-state index is -4.66. The van der Waals surface area contributed by atoms with Gasteiger partial charge in [-0.05, 0) is 25.0 Å². The second-order valence-electron chi connectivity index (χ2n) is 12.5. The molecule has 5 heterocycles. The molecule has 0 saturated carbocycles. The van der Waals surface area contributed by atoms with Gasteiger partial charge in [-0.1, -0.05) is 6.07 Å². The van der Waals surface area contributed by atoms with Gasteiger partial charge in [0.1, 0.15) is 6.33 Å². The zero-order valence-corrected chi connectivity index (χ0v) is 28.6. The SMILES string of the molecule is CS(=O)(=O)N1CCc2c(c(-c3ccc(C(F)(F)F)c(SCC(=O)N4CCOCC4)c3)nn2CC(O)CN2CCC(n3cn[nH]c3=O)CC2)C1. The number of rotatable bonds is 10. The highest BCUT2D eigenvalue weighted by Gasteiger charge is 2.36. The lowest BCUT2D eigenvalue weighted by Gasteiger charge is -2.33. The van der Waals surface area contributed by atoms with Gasteiger partial charge in [0.2, 0.25) is 15.9 Å². The van der Waals surface area contributed by atoms with Gasteiger partial charge in [-0.25, -0.2) is 18.3 Å². The quantitative estimate of drug-likeness (QED) is 0.293. The van der Waals surface area contributed by atoms with Gasteiger partial charge >= 0.3 is 11.9 Å². The Labute approximate surface area is 285 Å². The number of thioether (sulfide) groups is 1. The van der Waals surface area contributed by atoms with Crippen LogP contribution in [0.2, 0.25) is 0 Å². The molecule has 1 atom stereocenters. The van der Waals surface area contributed by atoms with Crippen molar-refractivity contribution >= 4 is 27.7 Å². The number of fused-ring (bicyclic) bond motifs is 1. The van der Waals surface area contributed by atoms with E-state index in [2.05, 4.69) is 15.1 Å². The molecule has 268 valence electrons. The first-order valence-electron chi connectivity index (χ1n) is 16.0. The van der Waals surface area contributed by atoms with Crippen LogP contribution < -0.4 is 5.69 Å². The van der Waals surface area contributed by atoms with Gasteiger partial charge in [0, 0.05) is 80.0 Å². The summed E-state index contributed by atoms with van der Waals surface area (Å²) in [5.74, 6) is -0.477. The van der Waals surface area contributed by atoms with E-state index in [1.54, 1.807) is 14.1 Å². The molecule has 0 spiro atoms. The molecule has 2 aromatic heterocycles. The number of alkyl halides is 3. The van der Waals surface area contributed by atoms with E-state index in [1.807, 2.05) is 0 Å². The largest absolute Gasteiger partial charge is 0.417 e. The van der Waals surface area contributed by atoms with Gasteiger partial charge in [0.05, 0.1) is 49.1 Å². The van der Waals surface area contributed by atoms with Crippen molar-refractivity contribution in [2.75, 3.05) is 64.5 Å². The second kappa shape index (κ2) is 14.6. The van der Waals surface area contributed by atoms with Crippen molar-refractivity contribution < 1.29 is 36.2 Å². The molecule has 2 fully saturated rings. The molecule has 0 radical (unpaired) electrons. The number of hydrogen-bond donors (Lipinski definition) is 2. The van der Waals surface area contributed by atoms with E-state index in [4.69, 9.17) is 9.84 Å². The van der Waals surface area contributed by atoms with Gasteiger partial charge in [0.15, 0.2) is 0 Å². The molecule has 3 aliphatic rings. The van der Waals surface area contributed by atoms with Crippen molar-refractivity contribution in [3.8, 4) is 11.3 Å². The highest BCUT2D eigenvalue weighted by Crippen LogP contribution is 2.40. The summed E-state index contributed by atoms with van der Waals surface area (Å²) in [5, 5.41) is 22.1. The number of carbonyl (C=O) groups excluding carboxylic acids is 1. The summed E-state index contributed by atoms with van der Waals surface area (Å²) in [6, 6.07) is 3.66. The first-order valence-corrected chi connectivity index (χ1v) is 18.9. The number of morpholine rings is 1. The lowest BCUT2D eigenvalue weighted by Crippen LogP contribution is -2.42. The Balaban J connectivity index is 1.23. The van der Waals surface area contributed by atoms with Crippen LogP contribution in [0, 0.1) is 0 Å². The molecule has 3 aliphatic heterocycles. The third-order valence-corrected chi connectivity index (χ3v) is 11.5. The van der Waals surface area contributed by atoms with Crippen molar-refractivity contribution in [3.63, 3.8) is 0 Å². The number of hydrogen-bond acceptors (Lipinski definition) is 10. The fourth-order valence-corrected chi connectivity index (χ4v) is 8.45. The predicted molar refractivity (Wildman–Crippen MR) is 173 cm³/mol. The Bertz CT molecular complexity index is 1810. The monoisotopic (exact) mass is 728 g/mol. The van der Waals surface area contributed by atoms with Crippen molar-refractivity contribution in [2.45, 2.75) is 55.6 Å². The van der Waals surface area contributed by atoms with Crippen LogP contribution in [0.15, 0.2) is 34.2 Å². The molecule has 1 aromatic carbocycles. The summed E-state index contributed by atoms with van der Waals surface area (Å²) in [5.41, 5.74) is 0.827. The maximum Gasteiger partial charge on any atom is 0.417 e. The molecule has 3 aromatic rings. The smallest absolute Gasteiger partial charge is 0.390 e. The lowest BCUT2D eigenvalue weighted by atomic mass is 10.0. The van der Waals surface area contributed by atoms with E-state index >= 15 is 0 Å². The molecule has 49 heavy (non-hydrogen) atoms. The molecule has 6 rings (SSSR count).